The molecule has 26 heavy (non-hydrogen) atoms. The third-order valence-electron chi connectivity index (χ3n) is 4.55. The Morgan fingerprint density at radius 3 is 2.27 bits per heavy atom. The van der Waals surface area contributed by atoms with E-state index >= 15 is 0 Å². The number of carboxylic acid groups (broad SMARTS) is 1. The van der Waals surface area contributed by atoms with Crippen LogP contribution in [-0.4, -0.2) is 35.0 Å². The fourth-order valence-electron chi connectivity index (χ4n) is 2.81. The summed E-state index contributed by atoms with van der Waals surface area (Å²) in [7, 11) is 0. The van der Waals surface area contributed by atoms with Crippen molar-refractivity contribution in [3.63, 3.8) is 0 Å². The number of carbonyl (C=O) groups excluding carboxylic acids is 1. The van der Waals surface area contributed by atoms with Crippen molar-refractivity contribution in [2.45, 2.75) is 16.9 Å². The minimum absolute atomic E-state index is 0.0290. The van der Waals surface area contributed by atoms with Crippen molar-refractivity contribution in [2.75, 3.05) is 18.1 Å². The topological polar surface area (TPSA) is 66.4 Å². The van der Waals surface area contributed by atoms with Gasteiger partial charge in [-0.05, 0) is 30.2 Å². The number of benzene rings is 2. The van der Waals surface area contributed by atoms with E-state index < -0.39 is 11.4 Å². The van der Waals surface area contributed by atoms with Crippen LogP contribution in [0.1, 0.15) is 33.0 Å². The molecule has 1 saturated heterocycles. The highest BCUT2D eigenvalue weighted by Crippen LogP contribution is 2.45. The number of rotatable bonds is 6. The van der Waals surface area contributed by atoms with Gasteiger partial charge in [0.15, 0.2) is 0 Å². The summed E-state index contributed by atoms with van der Waals surface area (Å²) in [5.41, 5.74) is 1.25. The molecule has 0 aromatic heterocycles. The zero-order valence-corrected chi connectivity index (χ0v) is 16.1. The quantitative estimate of drug-likeness (QED) is 0.786. The molecule has 136 valence electrons. The van der Waals surface area contributed by atoms with Crippen LogP contribution in [0.2, 0.25) is 0 Å². The zero-order chi connectivity index (χ0) is 18.6. The van der Waals surface area contributed by atoms with Crippen LogP contribution in [0.3, 0.4) is 0 Å². The summed E-state index contributed by atoms with van der Waals surface area (Å²) < 4.78 is 0.445. The molecule has 1 aliphatic heterocycles. The molecule has 0 bridgehead atoms. The third kappa shape index (κ3) is 4.07. The van der Waals surface area contributed by atoms with Gasteiger partial charge in [0.2, 0.25) is 0 Å². The maximum Gasteiger partial charge on any atom is 0.315 e. The molecule has 6 heteroatoms. The average molecular weight is 388 g/mol. The lowest BCUT2D eigenvalue weighted by molar-refractivity contribution is -0.142. The van der Waals surface area contributed by atoms with E-state index in [1.165, 1.54) is 5.56 Å². The molecule has 0 radical (unpaired) electrons. The van der Waals surface area contributed by atoms with Crippen molar-refractivity contribution in [1.29, 1.82) is 0 Å². The summed E-state index contributed by atoms with van der Waals surface area (Å²) in [5, 5.41) is 12.4. The molecule has 1 aliphatic rings. The van der Waals surface area contributed by atoms with E-state index in [1.54, 1.807) is 31.2 Å². The van der Waals surface area contributed by atoms with E-state index in [1.807, 2.05) is 53.9 Å². The second kappa shape index (κ2) is 8.18. The molecule has 1 heterocycles. The molecule has 1 amide bonds. The van der Waals surface area contributed by atoms with Crippen molar-refractivity contribution in [2.24, 2.45) is 0 Å². The number of nitrogens with one attached hydrogen (secondary N) is 1. The summed E-state index contributed by atoms with van der Waals surface area (Å²) in [4.78, 5) is 24.3. The summed E-state index contributed by atoms with van der Waals surface area (Å²) in [6.45, 7) is 1.66. The molecule has 2 aromatic rings. The lowest BCUT2D eigenvalue weighted by atomic mass is 9.82. The number of carbonyl (C=O) groups is 2. The van der Waals surface area contributed by atoms with Crippen LogP contribution < -0.4 is 5.32 Å². The first-order valence-electron chi connectivity index (χ1n) is 8.41. The van der Waals surface area contributed by atoms with Gasteiger partial charge < -0.3 is 10.4 Å². The van der Waals surface area contributed by atoms with Crippen LogP contribution in [0, 0.1) is 0 Å². The Labute approximate surface area is 161 Å². The summed E-state index contributed by atoms with van der Waals surface area (Å²) >= 11 is 3.84. The lowest BCUT2D eigenvalue weighted by Crippen LogP contribution is -2.44. The Hall–Kier alpha value is -1.92. The predicted molar refractivity (Wildman–Crippen MR) is 108 cm³/mol. The molecule has 2 aromatic carbocycles. The smallest absolute Gasteiger partial charge is 0.315 e. The largest absolute Gasteiger partial charge is 0.481 e. The Balaban J connectivity index is 1.68. The van der Waals surface area contributed by atoms with Crippen molar-refractivity contribution >= 4 is 35.4 Å². The molecule has 4 nitrogen and oxygen atoms in total. The molecule has 1 unspecified atom stereocenters. The maximum absolute atomic E-state index is 12.5. The van der Waals surface area contributed by atoms with Gasteiger partial charge in [-0.2, -0.15) is 0 Å². The molecule has 1 fully saturated rings. The average Bonchev–Trinajstić information content (AvgIpc) is 3.21. The van der Waals surface area contributed by atoms with Gasteiger partial charge in [-0.3, -0.25) is 9.59 Å². The van der Waals surface area contributed by atoms with E-state index in [0.29, 0.717) is 15.7 Å². The van der Waals surface area contributed by atoms with Gasteiger partial charge in [-0.25, -0.2) is 0 Å². The number of carboxylic acids is 1. The van der Waals surface area contributed by atoms with E-state index in [2.05, 4.69) is 5.32 Å². The summed E-state index contributed by atoms with van der Waals surface area (Å²) in [5.74, 6) is 1.09. The highest BCUT2D eigenvalue weighted by atomic mass is 32.2. The predicted octanol–water partition coefficient (Wildman–Crippen LogP) is 3.94. The van der Waals surface area contributed by atoms with Crippen molar-refractivity contribution in [1.82, 2.24) is 5.32 Å². The van der Waals surface area contributed by atoms with Crippen LogP contribution >= 0.6 is 23.5 Å². The van der Waals surface area contributed by atoms with Crippen LogP contribution in [0.15, 0.2) is 54.6 Å². The molecule has 1 atom stereocenters. The van der Waals surface area contributed by atoms with Crippen molar-refractivity contribution in [3.8, 4) is 0 Å². The SMILES string of the molecule is CC(CNC(=O)c1ccc(C2SCCS2)cc1)(C(=O)O)c1ccccc1. The van der Waals surface area contributed by atoms with E-state index in [9.17, 15) is 14.7 Å². The molecule has 3 rings (SSSR count). The monoisotopic (exact) mass is 387 g/mol. The lowest BCUT2D eigenvalue weighted by Gasteiger charge is -2.25. The molecular formula is C20H21NO3S2. The van der Waals surface area contributed by atoms with Crippen LogP contribution in [0.4, 0.5) is 0 Å². The molecule has 0 saturated carbocycles. The number of aliphatic carboxylic acids is 1. The standard InChI is InChI=1S/C20H21NO3S2/c1-20(19(23)24,16-5-3-2-4-6-16)13-21-17(22)14-7-9-15(10-8-14)18-25-11-12-26-18/h2-10,18H,11-13H2,1H3,(H,21,22)(H,23,24). The second-order valence-electron chi connectivity index (χ2n) is 6.38. The first-order valence-corrected chi connectivity index (χ1v) is 10.5. The molecule has 0 aliphatic carbocycles. The Morgan fingerprint density at radius 2 is 1.69 bits per heavy atom. The van der Waals surface area contributed by atoms with Crippen molar-refractivity contribution < 1.29 is 14.7 Å². The zero-order valence-electron chi connectivity index (χ0n) is 14.5. The highest BCUT2D eigenvalue weighted by molar-refractivity contribution is 8.19. The number of hydrogen-bond acceptors (Lipinski definition) is 4. The first-order chi connectivity index (χ1) is 12.5. The minimum atomic E-state index is -1.17. The van der Waals surface area contributed by atoms with Gasteiger partial charge in [-0.15, -0.1) is 23.5 Å². The van der Waals surface area contributed by atoms with Gasteiger partial charge >= 0.3 is 5.97 Å². The normalized spacial score (nSPS) is 16.8. The van der Waals surface area contributed by atoms with Crippen molar-refractivity contribution in [3.05, 3.63) is 71.3 Å². The first kappa shape index (κ1) is 18.9. The van der Waals surface area contributed by atoms with Gasteiger partial charge in [0, 0.05) is 23.6 Å². The van der Waals surface area contributed by atoms with Gasteiger partial charge in [0.1, 0.15) is 5.41 Å². The minimum Gasteiger partial charge on any atom is -0.481 e. The number of hydrogen-bond donors (Lipinski definition) is 2. The van der Waals surface area contributed by atoms with Crippen LogP contribution in [0.25, 0.3) is 0 Å². The summed E-state index contributed by atoms with van der Waals surface area (Å²) in [6.07, 6.45) is 0. The van der Waals surface area contributed by atoms with E-state index in [4.69, 9.17) is 0 Å². The molecular weight excluding hydrogens is 366 g/mol. The number of amides is 1. The number of thioether (sulfide) groups is 2. The van der Waals surface area contributed by atoms with Crippen LogP contribution in [-0.2, 0) is 10.2 Å². The molecule has 2 N–H and O–H groups in total. The van der Waals surface area contributed by atoms with Gasteiger partial charge in [0.05, 0.1) is 4.58 Å². The Kier molecular flexibility index (Phi) is 5.94. The second-order valence-corrected chi connectivity index (χ2v) is 9.11. The fourth-order valence-corrected chi connectivity index (χ4v) is 5.67. The third-order valence-corrected chi connectivity index (χ3v) is 7.66. The van der Waals surface area contributed by atoms with E-state index in [-0.39, 0.29) is 12.5 Å². The molecule has 0 spiro atoms. The fraction of sp³-hybridized carbons (Fsp3) is 0.300. The van der Waals surface area contributed by atoms with Gasteiger partial charge in [-0.1, -0.05) is 42.5 Å². The van der Waals surface area contributed by atoms with Crippen LogP contribution in [0.5, 0.6) is 0 Å². The Morgan fingerprint density at radius 1 is 1.08 bits per heavy atom. The summed E-state index contributed by atoms with van der Waals surface area (Å²) in [6, 6.07) is 16.6. The maximum atomic E-state index is 12.5. The highest BCUT2D eigenvalue weighted by Gasteiger charge is 2.35. The Bertz CT molecular complexity index is 773. The van der Waals surface area contributed by atoms with Gasteiger partial charge in [0.25, 0.3) is 5.91 Å². The van der Waals surface area contributed by atoms with E-state index in [0.717, 1.165) is 11.5 Å².